The van der Waals surface area contributed by atoms with Gasteiger partial charge in [0.1, 0.15) is 0 Å². The molecule has 0 bridgehead atoms. The molecule has 0 aliphatic carbocycles. The summed E-state index contributed by atoms with van der Waals surface area (Å²) < 4.78 is 5.52. The average molecular weight is 256 g/mol. The van der Waals surface area contributed by atoms with Crippen molar-refractivity contribution < 1.29 is 9.84 Å². The van der Waals surface area contributed by atoms with Crippen LogP contribution >= 0.6 is 0 Å². The van der Waals surface area contributed by atoms with Crippen molar-refractivity contribution in [3.05, 3.63) is 0 Å². The normalized spacial score (nSPS) is 29.3. The molecule has 18 heavy (non-hydrogen) atoms. The third-order valence-corrected chi connectivity index (χ3v) is 4.60. The number of aliphatic hydroxyl groups is 1. The molecule has 106 valence electrons. The molecule has 0 aromatic heterocycles. The standard InChI is InChI=1S/C14H28N2O2/c1-15-11-14(5-8-18-9-6-14)12-16-7-3-2-4-13(16)10-17/h13,15,17H,2-12H2,1H3. The van der Waals surface area contributed by atoms with Crippen molar-refractivity contribution in [2.45, 2.75) is 38.1 Å². The molecule has 0 aromatic rings. The maximum Gasteiger partial charge on any atom is 0.0586 e. The van der Waals surface area contributed by atoms with Gasteiger partial charge >= 0.3 is 0 Å². The highest BCUT2D eigenvalue weighted by molar-refractivity contribution is 4.89. The van der Waals surface area contributed by atoms with Crippen LogP contribution in [0.3, 0.4) is 0 Å². The number of nitrogens with zero attached hydrogens (tertiary/aromatic N) is 1. The third-order valence-electron chi connectivity index (χ3n) is 4.60. The first kappa shape index (κ1) is 14.3. The molecule has 1 atom stereocenters. The van der Waals surface area contributed by atoms with Crippen LogP contribution in [-0.2, 0) is 4.74 Å². The van der Waals surface area contributed by atoms with Crippen molar-refractivity contribution in [3.63, 3.8) is 0 Å². The van der Waals surface area contributed by atoms with Gasteiger partial charge in [0.2, 0.25) is 0 Å². The van der Waals surface area contributed by atoms with Crippen molar-refractivity contribution in [3.8, 4) is 0 Å². The Balaban J connectivity index is 1.98. The first-order valence-electron chi connectivity index (χ1n) is 7.37. The molecule has 0 saturated carbocycles. The lowest BCUT2D eigenvalue weighted by molar-refractivity contribution is -0.0231. The zero-order valence-electron chi connectivity index (χ0n) is 11.7. The number of nitrogens with one attached hydrogen (secondary N) is 1. The quantitative estimate of drug-likeness (QED) is 0.765. The lowest BCUT2D eigenvalue weighted by atomic mass is 9.78. The molecule has 2 aliphatic rings. The predicted molar refractivity (Wildman–Crippen MR) is 72.7 cm³/mol. The third kappa shape index (κ3) is 3.44. The van der Waals surface area contributed by atoms with Crippen molar-refractivity contribution in [1.29, 1.82) is 0 Å². The summed E-state index contributed by atoms with van der Waals surface area (Å²) >= 11 is 0. The van der Waals surface area contributed by atoms with Gasteiger partial charge in [-0.3, -0.25) is 4.90 Å². The number of rotatable bonds is 5. The van der Waals surface area contributed by atoms with Gasteiger partial charge in [0.25, 0.3) is 0 Å². The minimum Gasteiger partial charge on any atom is -0.395 e. The van der Waals surface area contributed by atoms with E-state index in [1.54, 1.807) is 0 Å². The molecule has 2 saturated heterocycles. The second-order valence-electron chi connectivity index (χ2n) is 5.95. The van der Waals surface area contributed by atoms with E-state index in [4.69, 9.17) is 4.74 Å². The molecule has 2 rings (SSSR count). The van der Waals surface area contributed by atoms with E-state index in [9.17, 15) is 5.11 Å². The van der Waals surface area contributed by atoms with Crippen LogP contribution in [0.4, 0.5) is 0 Å². The average Bonchev–Trinajstić information content (AvgIpc) is 2.40. The van der Waals surface area contributed by atoms with Gasteiger partial charge in [-0.05, 0) is 44.7 Å². The van der Waals surface area contributed by atoms with Gasteiger partial charge in [-0.25, -0.2) is 0 Å². The van der Waals surface area contributed by atoms with Crippen molar-refractivity contribution >= 4 is 0 Å². The minimum atomic E-state index is 0.312. The summed E-state index contributed by atoms with van der Waals surface area (Å²) in [4.78, 5) is 2.52. The highest BCUT2D eigenvalue weighted by Crippen LogP contribution is 2.33. The van der Waals surface area contributed by atoms with Gasteiger partial charge in [0, 0.05) is 32.3 Å². The van der Waals surface area contributed by atoms with Crippen molar-refractivity contribution in [1.82, 2.24) is 10.2 Å². The largest absolute Gasteiger partial charge is 0.395 e. The Morgan fingerprint density at radius 2 is 2.11 bits per heavy atom. The monoisotopic (exact) mass is 256 g/mol. The summed E-state index contributed by atoms with van der Waals surface area (Å²) in [6.07, 6.45) is 5.99. The highest BCUT2D eigenvalue weighted by Gasteiger charge is 2.36. The molecule has 2 heterocycles. The van der Waals surface area contributed by atoms with Gasteiger partial charge in [-0.1, -0.05) is 6.42 Å². The number of hydrogen-bond acceptors (Lipinski definition) is 4. The van der Waals surface area contributed by atoms with Gasteiger partial charge in [-0.2, -0.15) is 0 Å². The lowest BCUT2D eigenvalue weighted by Crippen LogP contribution is -2.52. The molecule has 2 fully saturated rings. The number of piperidine rings is 1. The zero-order chi connectivity index (χ0) is 12.8. The maximum atomic E-state index is 9.52. The zero-order valence-corrected chi connectivity index (χ0v) is 11.7. The number of aliphatic hydroxyl groups excluding tert-OH is 1. The summed E-state index contributed by atoms with van der Waals surface area (Å²) in [5.74, 6) is 0. The summed E-state index contributed by atoms with van der Waals surface area (Å²) in [6, 6.07) is 0.385. The molecule has 0 radical (unpaired) electrons. The summed E-state index contributed by atoms with van der Waals surface area (Å²) in [5.41, 5.74) is 0.345. The number of likely N-dealkylation sites (tertiary alicyclic amines) is 1. The molecule has 4 nitrogen and oxygen atoms in total. The molecule has 2 N–H and O–H groups in total. The summed E-state index contributed by atoms with van der Waals surface area (Å²) in [5, 5.41) is 12.9. The molecule has 2 aliphatic heterocycles. The van der Waals surface area contributed by atoms with E-state index in [0.717, 1.165) is 52.1 Å². The van der Waals surface area contributed by atoms with Crippen molar-refractivity contribution in [2.24, 2.45) is 5.41 Å². The Morgan fingerprint density at radius 3 is 2.78 bits per heavy atom. The van der Waals surface area contributed by atoms with Gasteiger partial charge < -0.3 is 15.2 Å². The molecule has 0 aromatic carbocycles. The first-order chi connectivity index (χ1) is 8.79. The smallest absolute Gasteiger partial charge is 0.0586 e. The van der Waals surface area contributed by atoms with E-state index in [1.165, 1.54) is 12.8 Å². The Hall–Kier alpha value is -0.160. The van der Waals surface area contributed by atoms with E-state index in [0.29, 0.717) is 18.1 Å². The van der Waals surface area contributed by atoms with Crippen LogP contribution in [0.1, 0.15) is 32.1 Å². The Morgan fingerprint density at radius 1 is 1.33 bits per heavy atom. The second kappa shape index (κ2) is 6.85. The number of hydrogen-bond donors (Lipinski definition) is 2. The van der Waals surface area contributed by atoms with E-state index in [-0.39, 0.29) is 0 Å². The second-order valence-corrected chi connectivity index (χ2v) is 5.95. The minimum absolute atomic E-state index is 0.312. The predicted octanol–water partition coefficient (Wildman–Crippen LogP) is 0.849. The van der Waals surface area contributed by atoms with E-state index >= 15 is 0 Å². The Labute approximate surface area is 111 Å². The van der Waals surface area contributed by atoms with Gasteiger partial charge in [-0.15, -0.1) is 0 Å². The van der Waals surface area contributed by atoms with E-state index in [2.05, 4.69) is 10.2 Å². The molecule has 0 amide bonds. The summed E-state index contributed by atoms with van der Waals surface area (Å²) in [6.45, 7) is 5.41. The first-order valence-corrected chi connectivity index (χ1v) is 7.37. The highest BCUT2D eigenvalue weighted by atomic mass is 16.5. The van der Waals surface area contributed by atoms with Crippen LogP contribution in [0.25, 0.3) is 0 Å². The van der Waals surface area contributed by atoms with E-state index in [1.807, 2.05) is 7.05 Å². The molecule has 0 spiro atoms. The molecule has 4 heteroatoms. The number of ether oxygens (including phenoxy) is 1. The summed E-state index contributed by atoms with van der Waals surface area (Å²) in [7, 11) is 2.04. The van der Waals surface area contributed by atoms with Crippen LogP contribution in [-0.4, -0.2) is 62.6 Å². The fourth-order valence-electron chi connectivity index (χ4n) is 3.48. The maximum absolute atomic E-state index is 9.52. The van der Waals surface area contributed by atoms with Crippen LogP contribution < -0.4 is 5.32 Å². The van der Waals surface area contributed by atoms with Gasteiger partial charge in [0.05, 0.1) is 6.61 Å². The van der Waals surface area contributed by atoms with Crippen molar-refractivity contribution in [2.75, 3.05) is 46.5 Å². The van der Waals surface area contributed by atoms with Gasteiger partial charge in [0.15, 0.2) is 0 Å². The lowest BCUT2D eigenvalue weighted by Gasteiger charge is -2.44. The molecular formula is C14H28N2O2. The molecule has 1 unspecified atom stereocenters. The topological polar surface area (TPSA) is 44.7 Å². The van der Waals surface area contributed by atoms with Crippen LogP contribution in [0.15, 0.2) is 0 Å². The Kier molecular flexibility index (Phi) is 5.42. The SMILES string of the molecule is CNCC1(CN2CCCCC2CO)CCOCC1. The van der Waals surface area contributed by atoms with Crippen LogP contribution in [0, 0.1) is 5.41 Å². The fourth-order valence-corrected chi connectivity index (χ4v) is 3.48. The fraction of sp³-hybridized carbons (Fsp3) is 1.00. The van der Waals surface area contributed by atoms with Crippen LogP contribution in [0.5, 0.6) is 0 Å². The van der Waals surface area contributed by atoms with Crippen LogP contribution in [0.2, 0.25) is 0 Å². The molecular weight excluding hydrogens is 228 g/mol. The Bertz CT molecular complexity index is 236. The van der Waals surface area contributed by atoms with E-state index < -0.39 is 0 Å².